The standard InChI is InChI=1S/C22H23N3O2/c1-2-23-16-13-17(25-11-7-3-4-8-12-25)20-19-18(16)21(26)14-9-5-6-10-15(14)22(19)27-24-20/h5-6,9-10,13,23H,2-4,7-8,11-12H2,1H3. The summed E-state index contributed by atoms with van der Waals surface area (Å²) in [6.45, 7) is 4.85. The van der Waals surface area contributed by atoms with E-state index in [0.717, 1.165) is 47.5 Å². The molecule has 1 N–H and O–H groups in total. The molecule has 5 rings (SSSR count). The predicted molar refractivity (Wildman–Crippen MR) is 108 cm³/mol. The molecule has 138 valence electrons. The Morgan fingerprint density at radius 1 is 1.11 bits per heavy atom. The van der Waals surface area contributed by atoms with Crippen LogP contribution in [0.15, 0.2) is 34.9 Å². The van der Waals surface area contributed by atoms with Crippen LogP contribution in [-0.2, 0) is 0 Å². The normalized spacial score (nSPS) is 16.3. The molecule has 0 saturated carbocycles. The number of nitrogens with zero attached hydrogens (tertiary/aromatic N) is 2. The Bertz CT molecular complexity index is 1030. The van der Waals surface area contributed by atoms with Gasteiger partial charge in [0.2, 0.25) is 0 Å². The van der Waals surface area contributed by atoms with E-state index in [-0.39, 0.29) is 5.78 Å². The lowest BCUT2D eigenvalue weighted by Gasteiger charge is -2.25. The second-order valence-electron chi connectivity index (χ2n) is 7.36. The lowest BCUT2D eigenvalue weighted by molar-refractivity contribution is 0.104. The molecule has 3 aromatic rings. The van der Waals surface area contributed by atoms with Gasteiger partial charge in [0.1, 0.15) is 5.52 Å². The minimum absolute atomic E-state index is 0.0460. The average molecular weight is 361 g/mol. The van der Waals surface area contributed by atoms with Crippen LogP contribution < -0.4 is 10.2 Å². The van der Waals surface area contributed by atoms with E-state index in [0.29, 0.717) is 16.9 Å². The van der Waals surface area contributed by atoms with Crippen molar-refractivity contribution in [3.63, 3.8) is 0 Å². The van der Waals surface area contributed by atoms with Crippen molar-refractivity contribution >= 4 is 28.1 Å². The highest BCUT2D eigenvalue weighted by Gasteiger charge is 2.33. The molecule has 0 amide bonds. The second kappa shape index (κ2) is 6.41. The summed E-state index contributed by atoms with van der Waals surface area (Å²) >= 11 is 0. The molecular weight excluding hydrogens is 338 g/mol. The third kappa shape index (κ3) is 2.45. The second-order valence-corrected chi connectivity index (χ2v) is 7.36. The highest BCUT2D eigenvalue weighted by atomic mass is 16.5. The van der Waals surface area contributed by atoms with Gasteiger partial charge < -0.3 is 14.7 Å². The van der Waals surface area contributed by atoms with Crippen molar-refractivity contribution in [2.75, 3.05) is 29.9 Å². The summed E-state index contributed by atoms with van der Waals surface area (Å²) in [4.78, 5) is 15.7. The number of carbonyl (C=O) groups is 1. The lowest BCUT2D eigenvalue weighted by Crippen LogP contribution is -2.25. The first-order valence-corrected chi connectivity index (χ1v) is 9.89. The van der Waals surface area contributed by atoms with Gasteiger partial charge in [0.15, 0.2) is 11.5 Å². The van der Waals surface area contributed by atoms with Crippen molar-refractivity contribution in [2.24, 2.45) is 0 Å². The Morgan fingerprint density at radius 3 is 2.59 bits per heavy atom. The Kier molecular flexibility index (Phi) is 3.88. The molecule has 0 bridgehead atoms. The van der Waals surface area contributed by atoms with E-state index >= 15 is 0 Å². The van der Waals surface area contributed by atoms with Gasteiger partial charge in [0.05, 0.1) is 16.6 Å². The number of anilines is 2. The Hall–Kier alpha value is -2.82. The molecule has 5 heteroatoms. The maximum absolute atomic E-state index is 13.3. The number of fused-ring (bicyclic) bond motifs is 2. The van der Waals surface area contributed by atoms with Gasteiger partial charge in [-0.1, -0.05) is 42.3 Å². The SMILES string of the molecule is CCNc1cc(N2CCCCCC2)c2noc3c2c1C(=O)c1ccccc1-3. The van der Waals surface area contributed by atoms with E-state index in [1.165, 1.54) is 25.7 Å². The molecule has 1 aromatic heterocycles. The molecule has 1 aliphatic carbocycles. The molecule has 2 heterocycles. The molecule has 2 aliphatic rings. The van der Waals surface area contributed by atoms with E-state index in [9.17, 15) is 4.79 Å². The molecular formula is C22H23N3O2. The van der Waals surface area contributed by atoms with Crippen LogP contribution in [0.2, 0.25) is 0 Å². The fourth-order valence-corrected chi connectivity index (χ4v) is 4.42. The third-order valence-electron chi connectivity index (χ3n) is 5.69. The Labute approximate surface area is 158 Å². The number of hydrogen-bond donors (Lipinski definition) is 1. The van der Waals surface area contributed by atoms with Crippen molar-refractivity contribution in [1.82, 2.24) is 5.16 Å². The fourth-order valence-electron chi connectivity index (χ4n) is 4.42. The van der Waals surface area contributed by atoms with Crippen molar-refractivity contribution in [3.05, 3.63) is 41.5 Å². The highest BCUT2D eigenvalue weighted by molar-refractivity contribution is 6.28. The number of nitrogens with one attached hydrogen (secondary N) is 1. The number of rotatable bonds is 3. The van der Waals surface area contributed by atoms with Crippen LogP contribution in [0.5, 0.6) is 0 Å². The summed E-state index contributed by atoms with van der Waals surface area (Å²) in [5.41, 5.74) is 4.99. The number of hydrogen-bond acceptors (Lipinski definition) is 5. The maximum Gasteiger partial charge on any atom is 0.196 e. The van der Waals surface area contributed by atoms with E-state index in [1.54, 1.807) is 0 Å². The largest absolute Gasteiger partial charge is 0.385 e. The molecule has 0 radical (unpaired) electrons. The van der Waals surface area contributed by atoms with E-state index in [1.807, 2.05) is 24.3 Å². The van der Waals surface area contributed by atoms with Gasteiger partial charge in [0.25, 0.3) is 0 Å². The average Bonchev–Trinajstić information content (AvgIpc) is 2.95. The van der Waals surface area contributed by atoms with Crippen molar-refractivity contribution in [2.45, 2.75) is 32.6 Å². The van der Waals surface area contributed by atoms with Crippen LogP contribution in [0, 0.1) is 0 Å². The summed E-state index contributed by atoms with van der Waals surface area (Å²) in [6, 6.07) is 9.75. The quantitative estimate of drug-likeness (QED) is 0.565. The maximum atomic E-state index is 13.3. The van der Waals surface area contributed by atoms with Crippen LogP contribution in [0.4, 0.5) is 11.4 Å². The molecule has 1 saturated heterocycles. The zero-order valence-electron chi connectivity index (χ0n) is 15.5. The van der Waals surface area contributed by atoms with Gasteiger partial charge in [0, 0.05) is 36.4 Å². The highest BCUT2D eigenvalue weighted by Crippen LogP contribution is 2.45. The molecule has 0 unspecified atom stereocenters. The summed E-state index contributed by atoms with van der Waals surface area (Å²) in [5, 5.41) is 8.70. The fraction of sp³-hybridized carbons (Fsp3) is 0.364. The molecule has 1 aliphatic heterocycles. The molecule has 27 heavy (non-hydrogen) atoms. The first kappa shape index (κ1) is 16.4. The summed E-state index contributed by atoms with van der Waals surface area (Å²) in [5.74, 6) is 0.760. The molecule has 2 aromatic carbocycles. The van der Waals surface area contributed by atoms with Crippen LogP contribution in [0.1, 0.15) is 48.5 Å². The zero-order chi connectivity index (χ0) is 18.4. The zero-order valence-corrected chi connectivity index (χ0v) is 15.5. The molecule has 1 fully saturated rings. The van der Waals surface area contributed by atoms with Gasteiger partial charge in [-0.05, 0) is 25.8 Å². The van der Waals surface area contributed by atoms with Crippen LogP contribution in [0.3, 0.4) is 0 Å². The molecule has 0 atom stereocenters. The van der Waals surface area contributed by atoms with Crippen LogP contribution >= 0.6 is 0 Å². The van der Waals surface area contributed by atoms with Crippen molar-refractivity contribution in [3.8, 4) is 11.3 Å². The summed E-state index contributed by atoms with van der Waals surface area (Å²) in [6.07, 6.45) is 4.92. The van der Waals surface area contributed by atoms with E-state index in [2.05, 4.69) is 28.4 Å². The van der Waals surface area contributed by atoms with Gasteiger partial charge in [-0.3, -0.25) is 4.79 Å². The first-order chi connectivity index (χ1) is 13.3. The van der Waals surface area contributed by atoms with Crippen LogP contribution in [-0.4, -0.2) is 30.6 Å². The van der Waals surface area contributed by atoms with Gasteiger partial charge >= 0.3 is 0 Å². The van der Waals surface area contributed by atoms with E-state index in [4.69, 9.17) is 4.52 Å². The smallest absolute Gasteiger partial charge is 0.196 e. The first-order valence-electron chi connectivity index (χ1n) is 9.89. The summed E-state index contributed by atoms with van der Waals surface area (Å²) in [7, 11) is 0. The number of benzene rings is 2. The minimum Gasteiger partial charge on any atom is -0.385 e. The topological polar surface area (TPSA) is 58.4 Å². The Morgan fingerprint density at radius 2 is 1.85 bits per heavy atom. The predicted octanol–water partition coefficient (Wildman–Crippen LogP) is 4.85. The monoisotopic (exact) mass is 361 g/mol. The number of ketones is 1. The molecule has 5 nitrogen and oxygen atoms in total. The lowest BCUT2D eigenvalue weighted by atomic mass is 9.86. The van der Waals surface area contributed by atoms with Crippen molar-refractivity contribution < 1.29 is 9.32 Å². The third-order valence-corrected chi connectivity index (χ3v) is 5.69. The van der Waals surface area contributed by atoms with Gasteiger partial charge in [-0.2, -0.15) is 0 Å². The Balaban J connectivity index is 1.79. The van der Waals surface area contributed by atoms with Crippen LogP contribution in [0.25, 0.3) is 22.2 Å². The van der Waals surface area contributed by atoms with Gasteiger partial charge in [-0.25, -0.2) is 0 Å². The minimum atomic E-state index is 0.0460. The molecule has 0 spiro atoms. The number of aromatic nitrogens is 1. The van der Waals surface area contributed by atoms with Gasteiger partial charge in [-0.15, -0.1) is 0 Å². The summed E-state index contributed by atoms with van der Waals surface area (Å²) < 4.78 is 5.81. The number of carbonyl (C=O) groups excluding carboxylic acids is 1. The van der Waals surface area contributed by atoms with E-state index < -0.39 is 0 Å². The van der Waals surface area contributed by atoms with Crippen molar-refractivity contribution in [1.29, 1.82) is 0 Å².